The first-order chi connectivity index (χ1) is 12.2. The number of thiocarbonyl (C=S) groups is 1. The van der Waals surface area contributed by atoms with E-state index in [1.807, 2.05) is 12.1 Å². The fraction of sp³-hybridized carbons (Fsp3) is 0.400. The van der Waals surface area contributed by atoms with Crippen LogP contribution in [-0.2, 0) is 0 Å². The molecule has 1 aromatic carbocycles. The number of rotatable bonds is 4. The quantitative estimate of drug-likeness (QED) is 0.524. The molecule has 1 aromatic heterocycles. The van der Waals surface area contributed by atoms with Crippen LogP contribution in [0.4, 0.5) is 17.2 Å². The fourth-order valence-corrected chi connectivity index (χ4v) is 3.39. The van der Waals surface area contributed by atoms with E-state index in [-0.39, 0.29) is 0 Å². The SMILES string of the molecule is Cc1ccc(Nc2ccc(NC(=S)NC3CCCCCC3)cn2)cc1. The summed E-state index contributed by atoms with van der Waals surface area (Å²) in [7, 11) is 0. The molecule has 1 aliphatic rings. The van der Waals surface area contributed by atoms with Gasteiger partial charge in [0.1, 0.15) is 5.82 Å². The third-order valence-electron chi connectivity index (χ3n) is 4.54. The predicted molar refractivity (Wildman–Crippen MR) is 110 cm³/mol. The molecule has 0 amide bonds. The van der Waals surface area contributed by atoms with Crippen molar-refractivity contribution in [1.82, 2.24) is 10.3 Å². The summed E-state index contributed by atoms with van der Waals surface area (Å²) in [4.78, 5) is 4.45. The average Bonchev–Trinajstić information content (AvgIpc) is 2.87. The van der Waals surface area contributed by atoms with E-state index in [1.54, 1.807) is 6.20 Å². The molecule has 3 rings (SSSR count). The molecule has 132 valence electrons. The van der Waals surface area contributed by atoms with E-state index in [1.165, 1.54) is 44.1 Å². The number of anilines is 3. The Balaban J connectivity index is 1.51. The zero-order valence-electron chi connectivity index (χ0n) is 14.7. The molecule has 0 radical (unpaired) electrons. The lowest BCUT2D eigenvalue weighted by Crippen LogP contribution is -2.37. The van der Waals surface area contributed by atoms with E-state index in [9.17, 15) is 0 Å². The zero-order chi connectivity index (χ0) is 17.5. The van der Waals surface area contributed by atoms with E-state index in [2.05, 4.69) is 52.1 Å². The van der Waals surface area contributed by atoms with E-state index >= 15 is 0 Å². The van der Waals surface area contributed by atoms with Crippen LogP contribution in [0.1, 0.15) is 44.1 Å². The summed E-state index contributed by atoms with van der Waals surface area (Å²) in [5, 5.41) is 10.7. The molecule has 0 bridgehead atoms. The van der Waals surface area contributed by atoms with Gasteiger partial charge in [-0.2, -0.15) is 0 Å². The summed E-state index contributed by atoms with van der Waals surface area (Å²) in [5.74, 6) is 0.817. The number of pyridine rings is 1. The molecular formula is C20H26N4S. The minimum atomic E-state index is 0.498. The second kappa shape index (κ2) is 8.81. The molecule has 0 atom stereocenters. The summed E-state index contributed by atoms with van der Waals surface area (Å²) in [5.41, 5.74) is 3.18. The van der Waals surface area contributed by atoms with Gasteiger partial charge in [0, 0.05) is 11.7 Å². The first-order valence-electron chi connectivity index (χ1n) is 9.06. The molecule has 1 saturated carbocycles. The van der Waals surface area contributed by atoms with Crippen LogP contribution in [0, 0.1) is 6.92 Å². The van der Waals surface area contributed by atoms with Crippen LogP contribution in [0.2, 0.25) is 0 Å². The van der Waals surface area contributed by atoms with Gasteiger partial charge in [0.15, 0.2) is 5.11 Å². The van der Waals surface area contributed by atoms with Gasteiger partial charge in [-0.25, -0.2) is 4.98 Å². The van der Waals surface area contributed by atoms with Crippen LogP contribution in [0.25, 0.3) is 0 Å². The highest BCUT2D eigenvalue weighted by atomic mass is 32.1. The van der Waals surface area contributed by atoms with Crippen molar-refractivity contribution in [1.29, 1.82) is 0 Å². The molecule has 0 aliphatic heterocycles. The third-order valence-corrected chi connectivity index (χ3v) is 4.76. The van der Waals surface area contributed by atoms with Crippen LogP contribution in [0.15, 0.2) is 42.6 Å². The molecule has 1 aliphatic carbocycles. The number of hydrogen-bond acceptors (Lipinski definition) is 3. The number of nitrogens with one attached hydrogen (secondary N) is 3. The maximum Gasteiger partial charge on any atom is 0.171 e. The van der Waals surface area contributed by atoms with Gasteiger partial charge in [-0.05, 0) is 56.2 Å². The first-order valence-corrected chi connectivity index (χ1v) is 9.47. The average molecular weight is 355 g/mol. The normalized spacial score (nSPS) is 15.2. The number of nitrogens with zero attached hydrogens (tertiary/aromatic N) is 1. The Morgan fingerprint density at radius 3 is 2.28 bits per heavy atom. The topological polar surface area (TPSA) is 49.0 Å². The largest absolute Gasteiger partial charge is 0.360 e. The fourth-order valence-electron chi connectivity index (χ4n) is 3.10. The number of aryl methyl sites for hydroxylation is 1. The Hall–Kier alpha value is -2.14. The van der Waals surface area contributed by atoms with Crippen molar-refractivity contribution in [2.75, 3.05) is 10.6 Å². The van der Waals surface area contributed by atoms with E-state index in [4.69, 9.17) is 12.2 Å². The number of benzene rings is 1. The van der Waals surface area contributed by atoms with Crippen molar-refractivity contribution in [3.05, 3.63) is 48.2 Å². The number of aromatic nitrogens is 1. The highest BCUT2D eigenvalue weighted by Crippen LogP contribution is 2.18. The zero-order valence-corrected chi connectivity index (χ0v) is 15.5. The first kappa shape index (κ1) is 17.7. The minimum absolute atomic E-state index is 0.498. The van der Waals surface area contributed by atoms with Crippen molar-refractivity contribution < 1.29 is 0 Å². The van der Waals surface area contributed by atoms with E-state index < -0.39 is 0 Å². The second-order valence-corrected chi connectivity index (χ2v) is 7.12. The molecule has 3 N–H and O–H groups in total. The summed E-state index contributed by atoms with van der Waals surface area (Å²) in [6.45, 7) is 2.08. The van der Waals surface area contributed by atoms with Gasteiger partial charge >= 0.3 is 0 Å². The van der Waals surface area contributed by atoms with Crippen LogP contribution in [0.5, 0.6) is 0 Å². The minimum Gasteiger partial charge on any atom is -0.360 e. The van der Waals surface area contributed by atoms with Gasteiger partial charge in [0.05, 0.1) is 11.9 Å². The van der Waals surface area contributed by atoms with Crippen molar-refractivity contribution in [2.24, 2.45) is 0 Å². The van der Waals surface area contributed by atoms with Gasteiger partial charge in [-0.3, -0.25) is 0 Å². The third kappa shape index (κ3) is 5.71. The van der Waals surface area contributed by atoms with E-state index in [0.29, 0.717) is 11.2 Å². The highest BCUT2D eigenvalue weighted by Gasteiger charge is 2.13. The lowest BCUT2D eigenvalue weighted by atomic mass is 10.1. The maximum atomic E-state index is 5.45. The summed E-state index contributed by atoms with van der Waals surface area (Å²) < 4.78 is 0. The molecule has 0 unspecified atom stereocenters. The lowest BCUT2D eigenvalue weighted by molar-refractivity contribution is 0.535. The van der Waals surface area contributed by atoms with Crippen molar-refractivity contribution >= 4 is 34.5 Å². The maximum absolute atomic E-state index is 5.45. The van der Waals surface area contributed by atoms with Gasteiger partial charge in [-0.1, -0.05) is 43.4 Å². The van der Waals surface area contributed by atoms with Crippen molar-refractivity contribution in [3.63, 3.8) is 0 Å². The molecule has 4 nitrogen and oxygen atoms in total. The Labute approximate surface area is 155 Å². The molecule has 25 heavy (non-hydrogen) atoms. The predicted octanol–water partition coefficient (Wildman–Crippen LogP) is 5.14. The van der Waals surface area contributed by atoms with Crippen LogP contribution in [0.3, 0.4) is 0 Å². The molecule has 5 heteroatoms. The molecule has 1 heterocycles. The Bertz CT molecular complexity index is 674. The van der Waals surface area contributed by atoms with E-state index in [0.717, 1.165) is 17.2 Å². The van der Waals surface area contributed by atoms with Crippen LogP contribution < -0.4 is 16.0 Å². The van der Waals surface area contributed by atoms with Crippen molar-refractivity contribution in [2.45, 2.75) is 51.5 Å². The Morgan fingerprint density at radius 1 is 0.960 bits per heavy atom. The molecule has 0 saturated heterocycles. The molecular weight excluding hydrogens is 328 g/mol. The number of hydrogen-bond donors (Lipinski definition) is 3. The second-order valence-electron chi connectivity index (χ2n) is 6.71. The van der Waals surface area contributed by atoms with Crippen molar-refractivity contribution in [3.8, 4) is 0 Å². The van der Waals surface area contributed by atoms with Gasteiger partial charge in [0.25, 0.3) is 0 Å². The monoisotopic (exact) mass is 354 g/mol. The van der Waals surface area contributed by atoms with Crippen LogP contribution in [-0.4, -0.2) is 16.1 Å². The lowest BCUT2D eigenvalue weighted by Gasteiger charge is -2.19. The smallest absolute Gasteiger partial charge is 0.171 e. The standard InChI is InChI=1S/C20H26N4S/c1-15-8-10-17(11-9-15)22-19-13-12-18(14-21-19)24-20(25)23-16-6-4-2-3-5-7-16/h8-14,16H,2-7H2,1H3,(H,21,22)(H2,23,24,25). The van der Waals surface area contributed by atoms with Crippen LogP contribution >= 0.6 is 12.2 Å². The molecule has 1 fully saturated rings. The van der Waals surface area contributed by atoms with Gasteiger partial charge in [0.2, 0.25) is 0 Å². The summed E-state index contributed by atoms with van der Waals surface area (Å²) in [6.07, 6.45) is 9.49. The molecule has 0 spiro atoms. The van der Waals surface area contributed by atoms with Gasteiger partial charge < -0.3 is 16.0 Å². The molecule has 2 aromatic rings. The highest BCUT2D eigenvalue weighted by molar-refractivity contribution is 7.80. The summed E-state index contributed by atoms with van der Waals surface area (Å²) in [6, 6.07) is 12.7. The Morgan fingerprint density at radius 2 is 1.64 bits per heavy atom. The van der Waals surface area contributed by atoms with Gasteiger partial charge in [-0.15, -0.1) is 0 Å². The Kier molecular flexibility index (Phi) is 6.23. The summed E-state index contributed by atoms with van der Waals surface area (Å²) >= 11 is 5.45.